The van der Waals surface area contributed by atoms with Gasteiger partial charge in [0, 0.05) is 37.2 Å². The van der Waals surface area contributed by atoms with E-state index in [1.165, 1.54) is 0 Å². The van der Waals surface area contributed by atoms with E-state index in [2.05, 4.69) is 5.32 Å². The van der Waals surface area contributed by atoms with Crippen LogP contribution in [0.5, 0.6) is 5.75 Å². The lowest BCUT2D eigenvalue weighted by Gasteiger charge is -2.40. The predicted octanol–water partition coefficient (Wildman–Crippen LogP) is 2.56. The van der Waals surface area contributed by atoms with Crippen molar-refractivity contribution in [1.82, 2.24) is 4.90 Å². The second-order valence-electron chi connectivity index (χ2n) is 8.10. The van der Waals surface area contributed by atoms with Gasteiger partial charge in [0.2, 0.25) is 5.91 Å². The van der Waals surface area contributed by atoms with Crippen LogP contribution in [0.3, 0.4) is 0 Å². The molecule has 0 radical (unpaired) electrons. The van der Waals surface area contributed by atoms with Crippen molar-refractivity contribution in [2.24, 2.45) is 0 Å². The third-order valence-electron chi connectivity index (χ3n) is 6.26. The van der Waals surface area contributed by atoms with Gasteiger partial charge in [-0.05, 0) is 48.6 Å². The molecule has 2 aromatic carbocycles. The number of aliphatic hydroxyl groups is 2. The molecule has 2 aliphatic heterocycles. The number of nitrogens with one attached hydrogen (secondary N) is 1. The number of likely N-dealkylation sites (tertiary alicyclic amines) is 1. The van der Waals surface area contributed by atoms with Gasteiger partial charge in [-0.15, -0.1) is 0 Å². The molecule has 1 atom stereocenters. The van der Waals surface area contributed by atoms with E-state index in [-0.39, 0.29) is 24.6 Å². The molecule has 1 unspecified atom stereocenters. The zero-order valence-corrected chi connectivity index (χ0v) is 17.0. The van der Waals surface area contributed by atoms with Gasteiger partial charge in [-0.25, -0.2) is 4.39 Å². The number of carbonyl (C=O) groups excluding carboxylic acids is 1. The van der Waals surface area contributed by atoms with Crippen molar-refractivity contribution < 1.29 is 24.1 Å². The predicted molar refractivity (Wildman–Crippen MR) is 111 cm³/mol. The smallest absolute Gasteiger partial charge is 0.224 e. The van der Waals surface area contributed by atoms with Crippen LogP contribution in [0.15, 0.2) is 36.4 Å². The number of carbonyl (C=O) groups is 1. The van der Waals surface area contributed by atoms with Crippen LogP contribution in [0.25, 0.3) is 0 Å². The Hall–Kier alpha value is -2.48. The molecule has 1 saturated heterocycles. The number of aliphatic hydroxyl groups excluding tert-OH is 1. The molecule has 2 aliphatic rings. The Morgan fingerprint density at radius 2 is 2.00 bits per heavy atom. The first-order valence-electron chi connectivity index (χ1n) is 10.3. The van der Waals surface area contributed by atoms with E-state index in [1.807, 2.05) is 29.2 Å². The molecular weight excluding hydrogens is 387 g/mol. The molecule has 2 heterocycles. The summed E-state index contributed by atoms with van der Waals surface area (Å²) in [4.78, 5) is 13.4. The first-order chi connectivity index (χ1) is 14.4. The largest absolute Gasteiger partial charge is 0.497 e. The molecule has 0 saturated carbocycles. The number of benzene rings is 2. The Morgan fingerprint density at radius 1 is 1.23 bits per heavy atom. The molecule has 6 nitrogen and oxygen atoms in total. The third-order valence-corrected chi connectivity index (χ3v) is 6.26. The van der Waals surface area contributed by atoms with Gasteiger partial charge in [0.1, 0.15) is 17.8 Å². The Balaban J connectivity index is 1.41. The number of methoxy groups -OCH3 is 1. The van der Waals surface area contributed by atoms with Crippen molar-refractivity contribution in [3.63, 3.8) is 0 Å². The van der Waals surface area contributed by atoms with Crippen molar-refractivity contribution in [1.29, 1.82) is 0 Å². The van der Waals surface area contributed by atoms with Gasteiger partial charge >= 0.3 is 0 Å². The highest BCUT2D eigenvalue weighted by Crippen LogP contribution is 2.35. The molecule has 4 rings (SSSR count). The maximum absolute atomic E-state index is 14.9. The molecular formula is C23H27FN2O4. The highest BCUT2D eigenvalue weighted by Gasteiger charge is 2.36. The minimum absolute atomic E-state index is 0.105. The molecule has 160 valence electrons. The van der Waals surface area contributed by atoms with Gasteiger partial charge in [-0.3, -0.25) is 9.69 Å². The van der Waals surface area contributed by atoms with E-state index in [0.717, 1.165) is 5.56 Å². The molecule has 0 aromatic heterocycles. The number of nitrogens with zero attached hydrogens (tertiary/aromatic N) is 1. The van der Waals surface area contributed by atoms with Gasteiger partial charge in [0.25, 0.3) is 0 Å². The van der Waals surface area contributed by atoms with Crippen molar-refractivity contribution >= 4 is 11.6 Å². The average Bonchev–Trinajstić information content (AvgIpc) is 2.76. The van der Waals surface area contributed by atoms with Crippen LogP contribution in [0.4, 0.5) is 10.1 Å². The van der Waals surface area contributed by atoms with Crippen LogP contribution >= 0.6 is 0 Å². The molecule has 0 bridgehead atoms. The first kappa shape index (κ1) is 20.8. The van der Waals surface area contributed by atoms with Crippen LogP contribution in [0.2, 0.25) is 0 Å². The van der Waals surface area contributed by atoms with Crippen molar-refractivity contribution in [2.75, 3.05) is 25.5 Å². The summed E-state index contributed by atoms with van der Waals surface area (Å²) in [6.45, 7) is 0.995. The Morgan fingerprint density at radius 3 is 2.73 bits per heavy atom. The molecule has 7 heteroatoms. The Labute approximate surface area is 175 Å². The maximum atomic E-state index is 14.9. The second-order valence-corrected chi connectivity index (χ2v) is 8.10. The fourth-order valence-corrected chi connectivity index (χ4v) is 4.36. The fourth-order valence-electron chi connectivity index (χ4n) is 4.36. The van der Waals surface area contributed by atoms with Gasteiger partial charge < -0.3 is 20.3 Å². The van der Waals surface area contributed by atoms with Crippen molar-refractivity contribution in [3.8, 4) is 5.75 Å². The summed E-state index contributed by atoms with van der Waals surface area (Å²) < 4.78 is 20.1. The zero-order valence-electron chi connectivity index (χ0n) is 17.0. The summed E-state index contributed by atoms with van der Waals surface area (Å²) in [7, 11) is 1.59. The molecule has 3 N–H and O–H groups in total. The standard InChI is InChI=1S/C23H27FN2O4/c1-30-17-4-2-3-16(14-17)23(29)9-11-26(12-10-23)21(28)13-15-5-7-19-18(22(15)24)6-8-20(27)25-19/h2-5,7,14,21,28-29H,6,8-13H2,1H3,(H,25,27). The van der Waals surface area contributed by atoms with Gasteiger partial charge in [-0.2, -0.15) is 0 Å². The lowest BCUT2D eigenvalue weighted by atomic mass is 9.84. The lowest BCUT2D eigenvalue weighted by molar-refractivity contribution is -0.116. The highest BCUT2D eigenvalue weighted by molar-refractivity contribution is 5.93. The van der Waals surface area contributed by atoms with E-state index >= 15 is 0 Å². The van der Waals surface area contributed by atoms with E-state index in [1.54, 1.807) is 19.2 Å². The van der Waals surface area contributed by atoms with Crippen LogP contribution in [-0.4, -0.2) is 47.4 Å². The minimum atomic E-state index is -0.972. The molecule has 1 amide bonds. The number of ether oxygens (including phenoxy) is 1. The number of piperidine rings is 1. The van der Waals surface area contributed by atoms with Crippen LogP contribution in [-0.2, 0) is 23.2 Å². The molecule has 1 fully saturated rings. The number of amides is 1. The summed E-state index contributed by atoms with van der Waals surface area (Å²) in [5.41, 5.74) is 1.29. The SMILES string of the molecule is COc1cccc(C2(O)CCN(C(O)Cc3ccc4c(c3F)CCC(=O)N4)CC2)c1. The zero-order chi connectivity index (χ0) is 21.3. The van der Waals surface area contributed by atoms with E-state index in [4.69, 9.17) is 4.74 Å². The van der Waals surface area contributed by atoms with Crippen molar-refractivity contribution in [2.45, 2.75) is 43.9 Å². The number of anilines is 1. The van der Waals surface area contributed by atoms with E-state index < -0.39 is 11.8 Å². The monoisotopic (exact) mass is 414 g/mol. The molecule has 30 heavy (non-hydrogen) atoms. The van der Waals surface area contributed by atoms with Crippen LogP contribution in [0, 0.1) is 5.82 Å². The van der Waals surface area contributed by atoms with Crippen LogP contribution in [0.1, 0.15) is 36.0 Å². The van der Waals surface area contributed by atoms with Gasteiger partial charge in [0.15, 0.2) is 0 Å². The number of hydrogen-bond acceptors (Lipinski definition) is 5. The topological polar surface area (TPSA) is 82.0 Å². The van der Waals surface area contributed by atoms with E-state index in [0.29, 0.717) is 54.9 Å². The maximum Gasteiger partial charge on any atom is 0.224 e. The number of halogens is 1. The average molecular weight is 414 g/mol. The second kappa shape index (κ2) is 8.34. The first-order valence-corrected chi connectivity index (χ1v) is 10.3. The van der Waals surface area contributed by atoms with Gasteiger partial charge in [-0.1, -0.05) is 18.2 Å². The lowest BCUT2D eigenvalue weighted by Crippen LogP contribution is -2.47. The fraction of sp³-hybridized carbons (Fsp3) is 0.435. The minimum Gasteiger partial charge on any atom is -0.497 e. The number of rotatable bonds is 5. The normalized spacial score (nSPS) is 19.7. The number of hydrogen-bond donors (Lipinski definition) is 3. The molecule has 0 aliphatic carbocycles. The quantitative estimate of drug-likeness (QED) is 0.701. The Bertz CT molecular complexity index is 941. The summed E-state index contributed by atoms with van der Waals surface area (Å²) in [6.07, 6.45) is 0.890. The summed E-state index contributed by atoms with van der Waals surface area (Å²) in [5, 5.41) is 24.5. The summed E-state index contributed by atoms with van der Waals surface area (Å²) in [6, 6.07) is 10.7. The van der Waals surface area contributed by atoms with E-state index in [9.17, 15) is 19.4 Å². The van der Waals surface area contributed by atoms with Crippen LogP contribution < -0.4 is 10.1 Å². The molecule has 0 spiro atoms. The summed E-state index contributed by atoms with van der Waals surface area (Å²) in [5.74, 6) is 0.241. The molecule has 2 aromatic rings. The summed E-state index contributed by atoms with van der Waals surface area (Å²) >= 11 is 0. The number of fused-ring (bicyclic) bond motifs is 1. The van der Waals surface area contributed by atoms with Crippen molar-refractivity contribution in [3.05, 3.63) is 58.9 Å². The third kappa shape index (κ3) is 4.05. The Kier molecular flexibility index (Phi) is 5.77. The van der Waals surface area contributed by atoms with Gasteiger partial charge in [0.05, 0.1) is 12.7 Å². The highest BCUT2D eigenvalue weighted by atomic mass is 19.1.